The van der Waals surface area contributed by atoms with Crippen LogP contribution in [0.5, 0.6) is 0 Å². The van der Waals surface area contributed by atoms with Gasteiger partial charge in [-0.15, -0.1) is 0 Å². The average molecular weight is 402 g/mol. The normalized spacial score (nSPS) is 24.4. The number of nitrogens with two attached hydrogens (primary N) is 1. The number of rotatable bonds is 5. The van der Waals surface area contributed by atoms with E-state index in [1.807, 2.05) is 13.0 Å². The molecule has 1 aliphatic heterocycles. The lowest BCUT2D eigenvalue weighted by Crippen LogP contribution is -2.53. The van der Waals surface area contributed by atoms with Gasteiger partial charge >= 0.3 is 0 Å². The molecule has 0 spiro atoms. The predicted molar refractivity (Wildman–Crippen MR) is 116 cm³/mol. The van der Waals surface area contributed by atoms with Gasteiger partial charge in [-0.25, -0.2) is 4.98 Å². The highest BCUT2D eigenvalue weighted by Gasteiger charge is 2.32. The summed E-state index contributed by atoms with van der Waals surface area (Å²) in [6.45, 7) is 5.10. The highest BCUT2D eigenvalue weighted by Crippen LogP contribution is 2.27. The van der Waals surface area contributed by atoms with Crippen molar-refractivity contribution in [1.82, 2.24) is 10.3 Å². The van der Waals surface area contributed by atoms with Crippen molar-refractivity contribution in [1.29, 1.82) is 0 Å². The van der Waals surface area contributed by atoms with Gasteiger partial charge in [0.2, 0.25) is 0 Å². The van der Waals surface area contributed by atoms with Gasteiger partial charge in [0.15, 0.2) is 0 Å². The SMILES string of the molecule is CC(N)=NC(=O)c1cc(C)cnc1N1CCC(NC2CCCCCC2)C(CO)C1. The zero-order valence-corrected chi connectivity index (χ0v) is 17.7. The second-order valence-corrected chi connectivity index (χ2v) is 8.58. The Bertz CT molecular complexity index is 724. The summed E-state index contributed by atoms with van der Waals surface area (Å²) < 4.78 is 0. The van der Waals surface area contributed by atoms with Crippen molar-refractivity contribution in [2.75, 3.05) is 24.6 Å². The quantitative estimate of drug-likeness (QED) is 0.398. The molecule has 2 fully saturated rings. The van der Waals surface area contributed by atoms with Gasteiger partial charge in [0.1, 0.15) is 11.7 Å². The second kappa shape index (κ2) is 10.2. The van der Waals surface area contributed by atoms with E-state index >= 15 is 0 Å². The smallest absolute Gasteiger partial charge is 0.282 e. The van der Waals surface area contributed by atoms with Crippen molar-refractivity contribution in [2.45, 2.75) is 70.9 Å². The first-order valence-corrected chi connectivity index (χ1v) is 10.9. The molecule has 29 heavy (non-hydrogen) atoms. The lowest BCUT2D eigenvalue weighted by Gasteiger charge is -2.40. The number of aromatic nitrogens is 1. The largest absolute Gasteiger partial charge is 0.396 e. The third-order valence-corrected chi connectivity index (χ3v) is 6.08. The molecule has 0 radical (unpaired) electrons. The molecule has 2 aliphatic rings. The number of nitrogens with zero attached hydrogens (tertiary/aromatic N) is 3. The molecule has 4 N–H and O–H groups in total. The number of hydrogen-bond donors (Lipinski definition) is 3. The Morgan fingerprint density at radius 2 is 2.03 bits per heavy atom. The van der Waals surface area contributed by atoms with E-state index in [0.717, 1.165) is 18.5 Å². The van der Waals surface area contributed by atoms with Crippen LogP contribution in [0, 0.1) is 12.8 Å². The number of amides is 1. The minimum absolute atomic E-state index is 0.109. The summed E-state index contributed by atoms with van der Waals surface area (Å²) >= 11 is 0. The fourth-order valence-corrected chi connectivity index (χ4v) is 4.57. The van der Waals surface area contributed by atoms with Crippen LogP contribution in [0.3, 0.4) is 0 Å². The van der Waals surface area contributed by atoms with Crippen LogP contribution < -0.4 is 16.0 Å². The topological polar surface area (TPSA) is 104 Å². The van der Waals surface area contributed by atoms with E-state index in [4.69, 9.17) is 5.73 Å². The molecular weight excluding hydrogens is 366 g/mol. The summed E-state index contributed by atoms with van der Waals surface area (Å²) in [5.41, 5.74) is 6.99. The predicted octanol–water partition coefficient (Wildman–Crippen LogP) is 2.41. The number of piperidine rings is 1. The number of hydrogen-bond acceptors (Lipinski definition) is 5. The summed E-state index contributed by atoms with van der Waals surface area (Å²) in [6.07, 6.45) is 10.4. The number of pyridine rings is 1. The Morgan fingerprint density at radius 1 is 1.31 bits per heavy atom. The lowest BCUT2D eigenvalue weighted by atomic mass is 9.91. The van der Waals surface area contributed by atoms with Gasteiger partial charge in [0.25, 0.3) is 5.91 Å². The number of nitrogens with one attached hydrogen (secondary N) is 1. The first kappa shape index (κ1) is 21.7. The molecule has 3 rings (SSSR count). The van der Waals surface area contributed by atoms with E-state index in [0.29, 0.717) is 30.0 Å². The standard InChI is InChI=1S/C22H35N5O2/c1-15-11-19(22(29)25-16(2)23)21(24-12-15)27-10-9-20(17(13-27)14-28)26-18-7-5-3-4-6-8-18/h11-12,17-18,20,26,28H,3-10,13-14H2,1-2H3,(H2,23,25,29). The van der Waals surface area contributed by atoms with Crippen molar-refractivity contribution in [3.05, 3.63) is 23.4 Å². The minimum atomic E-state index is -0.365. The molecule has 1 aliphatic carbocycles. The molecule has 0 aromatic carbocycles. The van der Waals surface area contributed by atoms with Gasteiger partial charge in [-0.1, -0.05) is 25.7 Å². The molecule has 1 amide bonds. The number of aliphatic hydroxyl groups excluding tert-OH is 1. The number of carbonyl (C=O) groups excluding carboxylic acids is 1. The Kier molecular flexibility index (Phi) is 7.61. The molecule has 2 unspecified atom stereocenters. The maximum absolute atomic E-state index is 12.6. The van der Waals surface area contributed by atoms with E-state index < -0.39 is 0 Å². The van der Waals surface area contributed by atoms with Crippen molar-refractivity contribution >= 4 is 17.6 Å². The molecule has 7 nitrogen and oxygen atoms in total. The highest BCUT2D eigenvalue weighted by molar-refractivity contribution is 6.05. The average Bonchev–Trinajstić information content (AvgIpc) is 2.96. The molecule has 1 aromatic heterocycles. The maximum atomic E-state index is 12.6. The Morgan fingerprint density at radius 3 is 2.69 bits per heavy atom. The number of amidine groups is 1. The first-order chi connectivity index (χ1) is 14.0. The summed E-state index contributed by atoms with van der Waals surface area (Å²) in [6, 6.07) is 2.67. The fourth-order valence-electron chi connectivity index (χ4n) is 4.57. The lowest BCUT2D eigenvalue weighted by molar-refractivity contribution is 0.100. The number of aliphatic imine (C=N–C) groups is 1. The molecular formula is C22H35N5O2. The minimum Gasteiger partial charge on any atom is -0.396 e. The van der Waals surface area contributed by atoms with E-state index in [1.165, 1.54) is 38.5 Å². The van der Waals surface area contributed by atoms with Crippen molar-refractivity contribution in [3.8, 4) is 0 Å². The van der Waals surface area contributed by atoms with E-state index in [-0.39, 0.29) is 24.3 Å². The summed E-state index contributed by atoms with van der Waals surface area (Å²) in [5, 5.41) is 13.9. The highest BCUT2D eigenvalue weighted by atomic mass is 16.3. The zero-order chi connectivity index (χ0) is 20.8. The van der Waals surface area contributed by atoms with Gasteiger partial charge in [-0.05, 0) is 44.7 Å². The summed E-state index contributed by atoms with van der Waals surface area (Å²) in [7, 11) is 0. The Balaban J connectivity index is 1.73. The number of anilines is 1. The van der Waals surface area contributed by atoms with Gasteiger partial charge in [-0.3, -0.25) is 4.79 Å². The molecule has 1 saturated carbocycles. The van der Waals surface area contributed by atoms with Crippen LogP contribution in [0.15, 0.2) is 17.3 Å². The van der Waals surface area contributed by atoms with Crippen LogP contribution in [0.25, 0.3) is 0 Å². The van der Waals surface area contributed by atoms with Crippen LogP contribution >= 0.6 is 0 Å². The number of carbonyl (C=O) groups is 1. The van der Waals surface area contributed by atoms with Gasteiger partial charge in [0, 0.05) is 43.9 Å². The second-order valence-electron chi connectivity index (χ2n) is 8.58. The fraction of sp³-hybridized carbons (Fsp3) is 0.682. The maximum Gasteiger partial charge on any atom is 0.282 e. The van der Waals surface area contributed by atoms with Crippen LogP contribution in [0.1, 0.15) is 67.8 Å². The van der Waals surface area contributed by atoms with E-state index in [2.05, 4.69) is 20.2 Å². The molecule has 160 valence electrons. The third-order valence-electron chi connectivity index (χ3n) is 6.08. The Hall–Kier alpha value is -1.99. The molecule has 1 aromatic rings. The van der Waals surface area contributed by atoms with Crippen LogP contribution in [-0.4, -0.2) is 53.6 Å². The number of aryl methyl sites for hydroxylation is 1. The summed E-state index contributed by atoms with van der Waals surface area (Å²) in [4.78, 5) is 23.2. The molecule has 2 atom stereocenters. The molecule has 7 heteroatoms. The monoisotopic (exact) mass is 401 g/mol. The summed E-state index contributed by atoms with van der Waals surface area (Å²) in [5.74, 6) is 0.618. The van der Waals surface area contributed by atoms with Crippen molar-refractivity contribution in [2.24, 2.45) is 16.6 Å². The van der Waals surface area contributed by atoms with Gasteiger partial charge in [-0.2, -0.15) is 4.99 Å². The third kappa shape index (κ3) is 5.76. The van der Waals surface area contributed by atoms with Crippen LogP contribution in [0.2, 0.25) is 0 Å². The zero-order valence-electron chi connectivity index (χ0n) is 17.7. The first-order valence-electron chi connectivity index (χ1n) is 10.9. The molecule has 2 heterocycles. The van der Waals surface area contributed by atoms with Crippen molar-refractivity contribution in [3.63, 3.8) is 0 Å². The van der Waals surface area contributed by atoms with E-state index in [9.17, 15) is 9.90 Å². The van der Waals surface area contributed by atoms with Gasteiger partial charge < -0.3 is 21.1 Å². The van der Waals surface area contributed by atoms with Crippen LogP contribution in [-0.2, 0) is 0 Å². The Labute approximate surface area is 173 Å². The van der Waals surface area contributed by atoms with Crippen molar-refractivity contribution < 1.29 is 9.90 Å². The number of aliphatic hydroxyl groups is 1. The molecule has 1 saturated heterocycles. The molecule has 0 bridgehead atoms. The van der Waals surface area contributed by atoms with E-state index in [1.54, 1.807) is 13.1 Å². The van der Waals surface area contributed by atoms with Crippen LogP contribution in [0.4, 0.5) is 5.82 Å². The van der Waals surface area contributed by atoms with Gasteiger partial charge in [0.05, 0.1) is 5.56 Å².